The number of H-pyrrole nitrogens is 1. The number of nitrogens with one attached hydrogen (secondary N) is 1. The number of rotatable bonds is 1. The molecule has 0 saturated carbocycles. The molecule has 0 aliphatic carbocycles. The normalized spacial score (nSPS) is 11.4. The average molecular weight is 214 g/mol. The molecule has 1 heterocycles. The van der Waals surface area contributed by atoms with E-state index in [4.69, 9.17) is 11.6 Å². The molecule has 1 N–H and O–H groups in total. The summed E-state index contributed by atoms with van der Waals surface area (Å²) in [5.41, 5.74) is -1.00. The first-order valence-electron chi connectivity index (χ1n) is 3.02. The fourth-order valence-electron chi connectivity index (χ4n) is 0.640. The summed E-state index contributed by atoms with van der Waals surface area (Å²) in [6.07, 6.45) is -3.05. The van der Waals surface area contributed by atoms with E-state index >= 15 is 0 Å². The summed E-state index contributed by atoms with van der Waals surface area (Å²) in [5.74, 6) is -0.875. The first-order valence-corrected chi connectivity index (χ1v) is 3.40. The molecule has 1 rings (SSSR count). The number of ether oxygens (including phenoxy) is 1. The van der Waals surface area contributed by atoms with Gasteiger partial charge >= 0.3 is 6.36 Å². The van der Waals surface area contributed by atoms with Crippen molar-refractivity contribution in [2.75, 3.05) is 0 Å². The van der Waals surface area contributed by atoms with Crippen LogP contribution in [0, 0.1) is 0 Å². The van der Waals surface area contributed by atoms with Crippen LogP contribution in [0.15, 0.2) is 17.2 Å². The predicted octanol–water partition coefficient (Wildman–Crippen LogP) is 1.93. The van der Waals surface area contributed by atoms with E-state index in [9.17, 15) is 18.0 Å². The van der Waals surface area contributed by atoms with Gasteiger partial charge in [-0.3, -0.25) is 4.79 Å². The number of halogens is 4. The van der Waals surface area contributed by atoms with Gasteiger partial charge in [-0.1, -0.05) is 11.6 Å². The lowest BCUT2D eigenvalue weighted by molar-refractivity contribution is -0.275. The SMILES string of the molecule is O=c1c(Cl)c[nH]cc1OC(F)(F)F. The van der Waals surface area contributed by atoms with Gasteiger partial charge in [0.15, 0.2) is 5.75 Å². The molecule has 3 nitrogen and oxygen atoms in total. The smallest absolute Gasteiger partial charge is 0.400 e. The molecule has 0 spiro atoms. The minimum Gasteiger partial charge on any atom is -0.400 e. The van der Waals surface area contributed by atoms with Crippen molar-refractivity contribution in [3.8, 4) is 5.75 Å². The summed E-state index contributed by atoms with van der Waals surface area (Å²) in [6.45, 7) is 0. The van der Waals surface area contributed by atoms with Crippen molar-refractivity contribution in [3.63, 3.8) is 0 Å². The lowest BCUT2D eigenvalue weighted by atomic mass is 10.4. The van der Waals surface area contributed by atoms with E-state index in [1.807, 2.05) is 0 Å². The van der Waals surface area contributed by atoms with Crippen LogP contribution >= 0.6 is 11.6 Å². The van der Waals surface area contributed by atoms with Crippen LogP contribution < -0.4 is 10.2 Å². The van der Waals surface area contributed by atoms with Crippen molar-refractivity contribution in [2.45, 2.75) is 6.36 Å². The lowest BCUT2D eigenvalue weighted by Gasteiger charge is -2.07. The quantitative estimate of drug-likeness (QED) is 0.775. The minimum absolute atomic E-state index is 0.359. The Balaban J connectivity index is 3.03. The monoisotopic (exact) mass is 213 g/mol. The molecule has 0 amide bonds. The third kappa shape index (κ3) is 2.66. The molecule has 0 unspecified atom stereocenters. The zero-order valence-corrected chi connectivity index (χ0v) is 6.74. The molecule has 72 valence electrons. The van der Waals surface area contributed by atoms with Crippen LogP contribution in [0.2, 0.25) is 5.02 Å². The van der Waals surface area contributed by atoms with Gasteiger partial charge in [-0.2, -0.15) is 0 Å². The van der Waals surface area contributed by atoms with Gasteiger partial charge in [-0.25, -0.2) is 0 Å². The fraction of sp³-hybridized carbons (Fsp3) is 0.167. The highest BCUT2D eigenvalue weighted by molar-refractivity contribution is 6.30. The van der Waals surface area contributed by atoms with Gasteiger partial charge < -0.3 is 9.72 Å². The minimum atomic E-state index is -4.89. The molecule has 1 aromatic rings. The third-order valence-electron chi connectivity index (χ3n) is 1.09. The van der Waals surface area contributed by atoms with Crippen molar-refractivity contribution in [1.82, 2.24) is 4.98 Å². The van der Waals surface area contributed by atoms with E-state index in [1.54, 1.807) is 0 Å². The molecule has 1 aromatic heterocycles. The number of hydrogen-bond donors (Lipinski definition) is 1. The fourth-order valence-corrected chi connectivity index (χ4v) is 0.796. The predicted molar refractivity (Wildman–Crippen MR) is 38.8 cm³/mol. The molecule has 0 aromatic carbocycles. The third-order valence-corrected chi connectivity index (χ3v) is 1.37. The highest BCUT2D eigenvalue weighted by Crippen LogP contribution is 2.19. The molecule has 7 heteroatoms. The van der Waals surface area contributed by atoms with Crippen molar-refractivity contribution in [3.05, 3.63) is 27.6 Å². The van der Waals surface area contributed by atoms with Crippen molar-refractivity contribution in [1.29, 1.82) is 0 Å². The van der Waals surface area contributed by atoms with Crippen LogP contribution in [0.5, 0.6) is 5.75 Å². The number of aromatic amines is 1. The van der Waals surface area contributed by atoms with Crippen LogP contribution in [0.1, 0.15) is 0 Å². The number of hydrogen-bond acceptors (Lipinski definition) is 2. The number of pyridine rings is 1. The van der Waals surface area contributed by atoms with Gasteiger partial charge in [0.05, 0.1) is 0 Å². The van der Waals surface area contributed by atoms with Gasteiger partial charge in [0.1, 0.15) is 5.02 Å². The maximum absolute atomic E-state index is 11.6. The Bertz CT molecular complexity index is 360. The van der Waals surface area contributed by atoms with Gasteiger partial charge in [0.25, 0.3) is 0 Å². The number of aromatic nitrogens is 1. The van der Waals surface area contributed by atoms with E-state index in [0.29, 0.717) is 0 Å². The number of alkyl halides is 3. The van der Waals surface area contributed by atoms with E-state index < -0.39 is 17.5 Å². The molecule has 0 radical (unpaired) electrons. The Labute approximate surface area is 75.1 Å². The Morgan fingerprint density at radius 2 is 2.00 bits per heavy atom. The molecule has 0 aliphatic heterocycles. The molecule has 0 fully saturated rings. The summed E-state index contributed by atoms with van der Waals surface area (Å²) < 4.78 is 38.3. The lowest BCUT2D eigenvalue weighted by Crippen LogP contribution is -2.21. The summed E-state index contributed by atoms with van der Waals surface area (Å²) in [6, 6.07) is 0. The summed E-state index contributed by atoms with van der Waals surface area (Å²) >= 11 is 5.25. The van der Waals surface area contributed by atoms with Crippen molar-refractivity contribution >= 4 is 11.6 Å². The second-order valence-electron chi connectivity index (χ2n) is 2.04. The molecule has 0 atom stereocenters. The molecular weight excluding hydrogens is 211 g/mol. The van der Waals surface area contributed by atoms with Crippen molar-refractivity contribution in [2.24, 2.45) is 0 Å². The zero-order chi connectivity index (χ0) is 10.1. The zero-order valence-electron chi connectivity index (χ0n) is 5.98. The summed E-state index contributed by atoms with van der Waals surface area (Å²) in [4.78, 5) is 13.1. The van der Waals surface area contributed by atoms with Gasteiger partial charge in [0, 0.05) is 12.4 Å². The Morgan fingerprint density at radius 3 is 2.54 bits per heavy atom. The highest BCUT2D eigenvalue weighted by atomic mass is 35.5. The average Bonchev–Trinajstić information content (AvgIpc) is 1.96. The highest BCUT2D eigenvalue weighted by Gasteiger charge is 2.32. The summed E-state index contributed by atoms with van der Waals surface area (Å²) in [5, 5.41) is -0.359. The topological polar surface area (TPSA) is 42.1 Å². The van der Waals surface area contributed by atoms with E-state index in [-0.39, 0.29) is 5.02 Å². The van der Waals surface area contributed by atoms with Crippen LogP contribution in [0.4, 0.5) is 13.2 Å². The van der Waals surface area contributed by atoms with Gasteiger partial charge in [-0.15, -0.1) is 13.2 Å². The van der Waals surface area contributed by atoms with Crippen LogP contribution in [-0.2, 0) is 0 Å². The van der Waals surface area contributed by atoms with Crippen LogP contribution in [0.25, 0.3) is 0 Å². The first-order chi connectivity index (χ1) is 5.90. The Morgan fingerprint density at radius 1 is 1.38 bits per heavy atom. The van der Waals surface area contributed by atoms with E-state index in [1.165, 1.54) is 0 Å². The van der Waals surface area contributed by atoms with Gasteiger partial charge in [0.2, 0.25) is 5.43 Å². The van der Waals surface area contributed by atoms with E-state index in [2.05, 4.69) is 9.72 Å². The molecule has 0 saturated heterocycles. The molecule has 0 aliphatic rings. The Kier molecular flexibility index (Phi) is 2.51. The Hall–Kier alpha value is -1.17. The maximum atomic E-state index is 11.6. The molecule has 13 heavy (non-hydrogen) atoms. The second kappa shape index (κ2) is 3.29. The summed E-state index contributed by atoms with van der Waals surface area (Å²) in [7, 11) is 0. The first kappa shape index (κ1) is 9.91. The van der Waals surface area contributed by atoms with Crippen molar-refractivity contribution < 1.29 is 17.9 Å². The maximum Gasteiger partial charge on any atom is 0.573 e. The molecular formula is C6H3ClF3NO2. The standard InChI is InChI=1S/C6H3ClF3NO2/c7-3-1-11-2-4(5(3)12)13-6(8,9)10/h1-2H,(H,11,12). The van der Waals surface area contributed by atoms with E-state index in [0.717, 1.165) is 12.4 Å². The van der Waals surface area contributed by atoms with Gasteiger partial charge in [-0.05, 0) is 0 Å². The molecule has 0 bridgehead atoms. The van der Waals surface area contributed by atoms with Crippen LogP contribution in [-0.4, -0.2) is 11.3 Å². The largest absolute Gasteiger partial charge is 0.573 e. The van der Waals surface area contributed by atoms with Crippen LogP contribution in [0.3, 0.4) is 0 Å². The second-order valence-corrected chi connectivity index (χ2v) is 2.45.